The first-order valence-corrected chi connectivity index (χ1v) is 12.3. The number of amides is 1. The molecule has 0 saturated heterocycles. The van der Waals surface area contributed by atoms with Crippen molar-refractivity contribution in [1.29, 1.82) is 0 Å². The maximum Gasteiger partial charge on any atom is 0.236 e. The maximum atomic E-state index is 12.1. The second-order valence-electron chi connectivity index (χ2n) is 9.34. The smallest absolute Gasteiger partial charge is 0.236 e. The minimum absolute atomic E-state index is 0. The summed E-state index contributed by atoms with van der Waals surface area (Å²) in [6.45, 7) is 3.55. The summed E-state index contributed by atoms with van der Waals surface area (Å²) >= 11 is 0. The molecule has 1 unspecified atom stereocenters. The van der Waals surface area contributed by atoms with Crippen molar-refractivity contribution in [1.82, 2.24) is 25.2 Å². The molecular weight excluding hydrogens is 516 g/mol. The van der Waals surface area contributed by atoms with Crippen LogP contribution >= 0.6 is 17.0 Å². The van der Waals surface area contributed by atoms with E-state index in [-0.39, 0.29) is 28.9 Å². The van der Waals surface area contributed by atoms with E-state index < -0.39 is 6.04 Å². The van der Waals surface area contributed by atoms with Crippen LogP contribution in [0.25, 0.3) is 11.0 Å². The fourth-order valence-corrected chi connectivity index (χ4v) is 4.94. The summed E-state index contributed by atoms with van der Waals surface area (Å²) in [4.78, 5) is 27.7. The molecule has 2 aromatic carbocycles. The van der Waals surface area contributed by atoms with Gasteiger partial charge in [-0.15, -0.1) is 17.0 Å². The number of imidazole rings is 1. The molecule has 36 heavy (non-hydrogen) atoms. The molecule has 1 aliphatic rings. The van der Waals surface area contributed by atoms with Crippen molar-refractivity contribution in [3.05, 3.63) is 95.1 Å². The van der Waals surface area contributed by atoms with Crippen molar-refractivity contribution >= 4 is 33.9 Å². The molecule has 7 nitrogen and oxygen atoms in total. The number of rotatable bonds is 8. The molecule has 2 aromatic heterocycles. The lowest BCUT2D eigenvalue weighted by Gasteiger charge is -2.35. The van der Waals surface area contributed by atoms with Crippen LogP contribution in [0.4, 0.5) is 0 Å². The van der Waals surface area contributed by atoms with E-state index in [1.165, 1.54) is 11.1 Å². The number of nitrogens with one attached hydrogen (secondary N) is 2. The molecule has 188 valence electrons. The number of halogens is 1. The highest BCUT2D eigenvalue weighted by atomic mass is 79.9. The largest absolute Gasteiger partial charge is 0.351 e. The van der Waals surface area contributed by atoms with Gasteiger partial charge in [0.15, 0.2) is 0 Å². The fraction of sp³-hybridized carbons (Fsp3) is 0.321. The zero-order valence-corrected chi connectivity index (χ0v) is 22.2. The predicted octanol–water partition coefficient (Wildman–Crippen LogP) is 4.58. The first-order chi connectivity index (χ1) is 17.1. The molecule has 0 saturated carbocycles. The normalized spacial score (nSPS) is 15.8. The third-order valence-electron chi connectivity index (χ3n) is 6.76. The molecule has 0 radical (unpaired) electrons. The lowest BCUT2D eigenvalue weighted by molar-refractivity contribution is -0.122. The highest BCUT2D eigenvalue weighted by Gasteiger charge is 2.28. The van der Waals surface area contributed by atoms with Gasteiger partial charge in [-0.1, -0.05) is 42.5 Å². The van der Waals surface area contributed by atoms with Crippen LogP contribution in [0, 0.1) is 0 Å². The highest BCUT2D eigenvalue weighted by Crippen LogP contribution is 2.35. The second-order valence-corrected chi connectivity index (χ2v) is 9.34. The molecule has 0 spiro atoms. The van der Waals surface area contributed by atoms with Gasteiger partial charge in [0.25, 0.3) is 0 Å². The van der Waals surface area contributed by atoms with Crippen molar-refractivity contribution in [2.45, 2.75) is 57.9 Å². The topological polar surface area (TPSA) is 99.9 Å². The number of pyridine rings is 1. The van der Waals surface area contributed by atoms with Gasteiger partial charge in [0.2, 0.25) is 5.91 Å². The number of H-pyrrole nitrogens is 1. The van der Waals surface area contributed by atoms with E-state index in [9.17, 15) is 4.79 Å². The van der Waals surface area contributed by atoms with Crippen LogP contribution in [0.5, 0.6) is 0 Å². The van der Waals surface area contributed by atoms with Gasteiger partial charge in [-0.2, -0.15) is 0 Å². The quantitative estimate of drug-likeness (QED) is 0.299. The molecule has 8 heteroatoms. The number of benzene rings is 2. The molecule has 0 bridgehead atoms. The van der Waals surface area contributed by atoms with E-state index in [0.29, 0.717) is 13.1 Å². The number of hydrogen-bond acceptors (Lipinski definition) is 5. The number of nitrogens with two attached hydrogens (primary N) is 1. The van der Waals surface area contributed by atoms with Gasteiger partial charge < -0.3 is 16.0 Å². The van der Waals surface area contributed by atoms with Crippen molar-refractivity contribution in [2.75, 3.05) is 0 Å². The minimum atomic E-state index is -0.531. The third-order valence-corrected chi connectivity index (χ3v) is 6.76. The summed E-state index contributed by atoms with van der Waals surface area (Å²) in [5.74, 6) is 0.793. The van der Waals surface area contributed by atoms with Gasteiger partial charge in [-0.05, 0) is 61.1 Å². The van der Waals surface area contributed by atoms with Crippen LogP contribution in [-0.4, -0.2) is 31.8 Å². The summed E-state index contributed by atoms with van der Waals surface area (Å²) in [6.07, 6.45) is 5.14. The van der Waals surface area contributed by atoms with E-state index in [2.05, 4.69) is 45.5 Å². The molecule has 0 fully saturated rings. The molecular formula is C28H33BrN6O. The van der Waals surface area contributed by atoms with Crippen molar-refractivity contribution in [3.8, 4) is 0 Å². The second kappa shape index (κ2) is 11.8. The number of carbonyl (C=O) groups excluding carboxylic acids is 1. The van der Waals surface area contributed by atoms with E-state index in [1.54, 1.807) is 6.92 Å². The van der Waals surface area contributed by atoms with E-state index in [1.807, 2.05) is 36.5 Å². The van der Waals surface area contributed by atoms with Gasteiger partial charge in [-0.25, -0.2) is 4.98 Å². The van der Waals surface area contributed by atoms with Crippen molar-refractivity contribution in [2.24, 2.45) is 5.73 Å². The average Bonchev–Trinajstić information content (AvgIpc) is 3.29. The summed E-state index contributed by atoms with van der Waals surface area (Å²) < 4.78 is 0. The molecule has 4 aromatic rings. The average molecular weight is 550 g/mol. The Bertz CT molecular complexity index is 1290. The number of hydrogen-bond donors (Lipinski definition) is 3. The van der Waals surface area contributed by atoms with Crippen molar-refractivity contribution in [3.63, 3.8) is 0 Å². The van der Waals surface area contributed by atoms with Gasteiger partial charge in [-0.3, -0.25) is 14.7 Å². The number of nitrogens with zero attached hydrogens (tertiary/aromatic N) is 3. The summed E-state index contributed by atoms with van der Waals surface area (Å²) in [6, 6.07) is 20.3. The van der Waals surface area contributed by atoms with Crippen molar-refractivity contribution < 1.29 is 4.79 Å². The van der Waals surface area contributed by atoms with Gasteiger partial charge in [0, 0.05) is 19.3 Å². The predicted molar refractivity (Wildman–Crippen MR) is 148 cm³/mol. The van der Waals surface area contributed by atoms with E-state index >= 15 is 0 Å². The fourth-order valence-electron chi connectivity index (χ4n) is 4.94. The number of aromatic nitrogens is 3. The Balaban J connectivity index is 0.00000304. The standard InChI is InChI=1S/C28H32N6O.BrH/c1-19(29)28(35)31-16-21-8-2-3-9-22(21)17-34(18-26-32-23-12-4-5-13-24(23)33-26)25-14-6-10-20-11-7-15-30-27(20)25;/h2-5,7-9,11-13,15,19,25H,6,10,14,16-18,29H2,1H3,(H,31,35)(H,32,33);1H/t19-,25?;/m1./s1. The Morgan fingerprint density at radius 1 is 1.11 bits per heavy atom. The summed E-state index contributed by atoms with van der Waals surface area (Å²) in [5.41, 5.74) is 12.5. The SMILES string of the molecule is Br.C[C@@H](N)C(=O)NCc1ccccc1CN(Cc1nc2ccccc2[nH]1)C1CCCc2cccnc21. The molecule has 2 heterocycles. The van der Waals surface area contributed by atoms with E-state index in [0.717, 1.165) is 53.9 Å². The van der Waals surface area contributed by atoms with Crippen LogP contribution in [-0.2, 0) is 30.8 Å². The third kappa shape index (κ3) is 5.83. The highest BCUT2D eigenvalue weighted by molar-refractivity contribution is 8.93. The van der Waals surface area contributed by atoms with Crippen LogP contribution in [0.3, 0.4) is 0 Å². The van der Waals surface area contributed by atoms with Gasteiger partial charge in [0.1, 0.15) is 5.82 Å². The molecule has 1 aliphatic carbocycles. The number of aromatic amines is 1. The Morgan fingerprint density at radius 2 is 1.89 bits per heavy atom. The monoisotopic (exact) mass is 548 g/mol. The first kappa shape index (κ1) is 26.0. The maximum absolute atomic E-state index is 12.1. The lowest BCUT2D eigenvalue weighted by Crippen LogP contribution is -2.38. The zero-order valence-electron chi connectivity index (χ0n) is 20.5. The van der Waals surface area contributed by atoms with E-state index in [4.69, 9.17) is 15.7 Å². The Kier molecular flexibility index (Phi) is 8.51. The minimum Gasteiger partial charge on any atom is -0.351 e. The number of para-hydroxylation sites is 2. The molecule has 4 N–H and O–H groups in total. The molecule has 1 amide bonds. The molecule has 0 aliphatic heterocycles. The van der Waals surface area contributed by atoms with Crippen LogP contribution in [0.15, 0.2) is 66.9 Å². The van der Waals surface area contributed by atoms with Gasteiger partial charge in [0.05, 0.1) is 35.4 Å². The Hall–Kier alpha value is -3.07. The molecule has 5 rings (SSSR count). The number of aryl methyl sites for hydroxylation is 1. The molecule has 2 atom stereocenters. The Labute approximate surface area is 222 Å². The van der Waals surface area contributed by atoms with Crippen LogP contribution in [0.2, 0.25) is 0 Å². The summed E-state index contributed by atoms with van der Waals surface area (Å²) in [5, 5.41) is 2.96. The summed E-state index contributed by atoms with van der Waals surface area (Å²) in [7, 11) is 0. The lowest BCUT2D eigenvalue weighted by atomic mass is 9.90. The number of fused-ring (bicyclic) bond motifs is 2. The first-order valence-electron chi connectivity index (χ1n) is 12.3. The van der Waals surface area contributed by atoms with Crippen LogP contribution in [0.1, 0.15) is 54.0 Å². The number of carbonyl (C=O) groups is 1. The zero-order chi connectivity index (χ0) is 24.2. The van der Waals surface area contributed by atoms with Crippen LogP contribution < -0.4 is 11.1 Å². The Morgan fingerprint density at radius 3 is 2.69 bits per heavy atom. The van der Waals surface area contributed by atoms with Gasteiger partial charge >= 0.3 is 0 Å².